The second kappa shape index (κ2) is 4.13. The average Bonchev–Trinajstić information content (AvgIpc) is 2.57. The number of hydrogen-bond acceptors (Lipinski definition) is 2. The van der Waals surface area contributed by atoms with Crippen LogP contribution in [0, 0.1) is 13.8 Å². The van der Waals surface area contributed by atoms with E-state index in [2.05, 4.69) is 18.8 Å². The van der Waals surface area contributed by atoms with Gasteiger partial charge in [0.1, 0.15) is 0 Å². The Morgan fingerprint density at radius 1 is 1.35 bits per heavy atom. The number of nitrogens with zero attached hydrogens (tertiary/aromatic N) is 2. The third kappa shape index (κ3) is 2.19. The van der Waals surface area contributed by atoms with Gasteiger partial charge in [0.25, 0.3) is 5.91 Å². The fourth-order valence-electron chi connectivity index (χ4n) is 2.54. The summed E-state index contributed by atoms with van der Waals surface area (Å²) in [5, 5.41) is 0. The van der Waals surface area contributed by atoms with Crippen molar-refractivity contribution in [3.63, 3.8) is 0 Å². The average molecular weight is 232 g/mol. The lowest BCUT2D eigenvalue weighted by atomic mass is 10.0. The van der Waals surface area contributed by atoms with Crippen LogP contribution >= 0.6 is 0 Å². The van der Waals surface area contributed by atoms with Gasteiger partial charge in [0.15, 0.2) is 0 Å². The minimum atomic E-state index is -0.0194. The SMILES string of the molecule is Cc1ccc(C(=O)N2CCCC2(C)C)c(C)n1. The van der Waals surface area contributed by atoms with Gasteiger partial charge in [-0.15, -0.1) is 0 Å². The molecule has 1 amide bonds. The molecule has 1 aliphatic rings. The van der Waals surface area contributed by atoms with Gasteiger partial charge in [-0.2, -0.15) is 0 Å². The molecule has 1 aliphatic heterocycles. The Labute approximate surface area is 103 Å². The first-order valence-electron chi connectivity index (χ1n) is 6.18. The number of hydrogen-bond donors (Lipinski definition) is 0. The van der Waals surface area contributed by atoms with Gasteiger partial charge in [-0.25, -0.2) is 0 Å². The van der Waals surface area contributed by atoms with Crippen LogP contribution in [-0.2, 0) is 0 Å². The van der Waals surface area contributed by atoms with Crippen LogP contribution in [0.1, 0.15) is 48.4 Å². The van der Waals surface area contributed by atoms with Gasteiger partial charge in [-0.1, -0.05) is 0 Å². The zero-order valence-electron chi connectivity index (χ0n) is 11.1. The number of carbonyl (C=O) groups excluding carboxylic acids is 1. The van der Waals surface area contributed by atoms with Gasteiger partial charge < -0.3 is 4.90 Å². The molecule has 3 nitrogen and oxygen atoms in total. The first-order valence-corrected chi connectivity index (χ1v) is 6.18. The van der Waals surface area contributed by atoms with Crippen molar-refractivity contribution in [1.82, 2.24) is 9.88 Å². The first kappa shape index (κ1) is 12.1. The summed E-state index contributed by atoms with van der Waals surface area (Å²) >= 11 is 0. The molecule has 3 heteroatoms. The van der Waals surface area contributed by atoms with Crippen molar-refractivity contribution in [2.45, 2.75) is 46.1 Å². The molecule has 0 saturated carbocycles. The molecule has 2 rings (SSSR count). The fraction of sp³-hybridized carbons (Fsp3) is 0.571. The van der Waals surface area contributed by atoms with Crippen LogP contribution in [0.25, 0.3) is 0 Å². The van der Waals surface area contributed by atoms with Crippen LogP contribution in [0.5, 0.6) is 0 Å². The van der Waals surface area contributed by atoms with Crippen LogP contribution in [0.2, 0.25) is 0 Å². The molecule has 92 valence electrons. The van der Waals surface area contributed by atoms with E-state index in [0.717, 1.165) is 36.3 Å². The summed E-state index contributed by atoms with van der Waals surface area (Å²) in [5.74, 6) is 0.123. The molecule has 0 spiro atoms. The van der Waals surface area contributed by atoms with E-state index in [0.29, 0.717) is 0 Å². The highest BCUT2D eigenvalue weighted by Crippen LogP contribution is 2.30. The molecule has 1 aromatic heterocycles. The van der Waals surface area contributed by atoms with E-state index >= 15 is 0 Å². The van der Waals surface area contributed by atoms with Crippen molar-refractivity contribution in [3.05, 3.63) is 29.1 Å². The number of amides is 1. The number of likely N-dealkylation sites (tertiary alicyclic amines) is 1. The van der Waals surface area contributed by atoms with Crippen LogP contribution in [0.4, 0.5) is 0 Å². The van der Waals surface area contributed by atoms with Crippen molar-refractivity contribution in [1.29, 1.82) is 0 Å². The van der Waals surface area contributed by atoms with Gasteiger partial charge in [0, 0.05) is 17.8 Å². The Kier molecular flexibility index (Phi) is 2.94. The number of aryl methyl sites for hydroxylation is 2. The smallest absolute Gasteiger partial charge is 0.256 e. The summed E-state index contributed by atoms with van der Waals surface area (Å²) in [6.45, 7) is 8.98. The monoisotopic (exact) mass is 232 g/mol. The van der Waals surface area contributed by atoms with Crippen molar-refractivity contribution in [2.75, 3.05) is 6.54 Å². The molecule has 0 unspecified atom stereocenters. The maximum Gasteiger partial charge on any atom is 0.256 e. The van der Waals surface area contributed by atoms with E-state index in [1.807, 2.05) is 30.9 Å². The first-order chi connectivity index (χ1) is 7.92. The standard InChI is InChI=1S/C14H20N2O/c1-10-6-7-12(11(2)15-10)13(17)16-9-5-8-14(16,3)4/h6-7H,5,8-9H2,1-4H3. The second-order valence-electron chi connectivity index (χ2n) is 5.46. The molecule has 0 N–H and O–H groups in total. The Hall–Kier alpha value is -1.38. The molecule has 17 heavy (non-hydrogen) atoms. The van der Waals surface area contributed by atoms with E-state index in [-0.39, 0.29) is 11.4 Å². The topological polar surface area (TPSA) is 33.2 Å². The van der Waals surface area contributed by atoms with Crippen molar-refractivity contribution in [3.8, 4) is 0 Å². The highest BCUT2D eigenvalue weighted by Gasteiger charge is 2.36. The lowest BCUT2D eigenvalue weighted by molar-refractivity contribution is 0.0650. The Balaban J connectivity index is 2.31. The molecule has 0 aromatic carbocycles. The van der Waals surface area contributed by atoms with Gasteiger partial charge in [0.2, 0.25) is 0 Å². The summed E-state index contributed by atoms with van der Waals surface area (Å²) in [6, 6.07) is 3.80. The summed E-state index contributed by atoms with van der Waals surface area (Å²) in [7, 11) is 0. The number of carbonyl (C=O) groups is 1. The molecule has 1 fully saturated rings. The Morgan fingerprint density at radius 3 is 2.59 bits per heavy atom. The van der Waals surface area contributed by atoms with Gasteiger partial charge in [-0.05, 0) is 52.7 Å². The quantitative estimate of drug-likeness (QED) is 0.746. The maximum absolute atomic E-state index is 12.5. The van der Waals surface area contributed by atoms with Crippen LogP contribution in [0.15, 0.2) is 12.1 Å². The molecule has 1 aromatic rings. The van der Waals surface area contributed by atoms with Crippen molar-refractivity contribution in [2.24, 2.45) is 0 Å². The predicted molar refractivity (Wildman–Crippen MR) is 68.1 cm³/mol. The molecule has 0 aliphatic carbocycles. The number of aromatic nitrogens is 1. The third-order valence-corrected chi connectivity index (χ3v) is 3.60. The molecular formula is C14H20N2O. The fourth-order valence-corrected chi connectivity index (χ4v) is 2.54. The molecule has 0 atom stereocenters. The highest BCUT2D eigenvalue weighted by atomic mass is 16.2. The van der Waals surface area contributed by atoms with Crippen LogP contribution in [-0.4, -0.2) is 27.9 Å². The molecule has 0 radical (unpaired) electrons. The number of rotatable bonds is 1. The lowest BCUT2D eigenvalue weighted by Crippen LogP contribution is -2.42. The van der Waals surface area contributed by atoms with Gasteiger partial charge in [0.05, 0.1) is 11.3 Å². The normalized spacial score (nSPS) is 18.5. The zero-order valence-corrected chi connectivity index (χ0v) is 11.1. The van der Waals surface area contributed by atoms with Crippen molar-refractivity contribution < 1.29 is 4.79 Å². The Bertz CT molecular complexity index is 452. The largest absolute Gasteiger partial charge is 0.333 e. The summed E-state index contributed by atoms with van der Waals surface area (Å²) in [4.78, 5) is 18.8. The second-order valence-corrected chi connectivity index (χ2v) is 5.46. The zero-order chi connectivity index (χ0) is 12.6. The third-order valence-electron chi connectivity index (χ3n) is 3.60. The van der Waals surface area contributed by atoms with Gasteiger partial charge in [-0.3, -0.25) is 9.78 Å². The van der Waals surface area contributed by atoms with E-state index in [1.54, 1.807) is 0 Å². The summed E-state index contributed by atoms with van der Waals surface area (Å²) in [5.41, 5.74) is 2.51. The number of pyridine rings is 1. The Morgan fingerprint density at radius 2 is 2.06 bits per heavy atom. The van der Waals surface area contributed by atoms with Crippen LogP contribution < -0.4 is 0 Å². The van der Waals surface area contributed by atoms with E-state index in [4.69, 9.17) is 0 Å². The summed E-state index contributed by atoms with van der Waals surface area (Å²) < 4.78 is 0. The van der Waals surface area contributed by atoms with Gasteiger partial charge >= 0.3 is 0 Å². The molecule has 0 bridgehead atoms. The molecular weight excluding hydrogens is 212 g/mol. The predicted octanol–water partition coefficient (Wildman–Crippen LogP) is 2.71. The maximum atomic E-state index is 12.5. The molecule has 2 heterocycles. The minimum Gasteiger partial charge on any atom is -0.333 e. The molecule has 1 saturated heterocycles. The van der Waals surface area contributed by atoms with E-state index < -0.39 is 0 Å². The van der Waals surface area contributed by atoms with E-state index in [1.165, 1.54) is 0 Å². The van der Waals surface area contributed by atoms with Crippen molar-refractivity contribution >= 4 is 5.91 Å². The summed E-state index contributed by atoms with van der Waals surface area (Å²) in [6.07, 6.45) is 2.17. The van der Waals surface area contributed by atoms with Crippen LogP contribution in [0.3, 0.4) is 0 Å². The highest BCUT2D eigenvalue weighted by molar-refractivity contribution is 5.95. The minimum absolute atomic E-state index is 0.0194. The lowest BCUT2D eigenvalue weighted by Gasteiger charge is -2.32. The van der Waals surface area contributed by atoms with E-state index in [9.17, 15) is 4.79 Å².